The van der Waals surface area contributed by atoms with Crippen LogP contribution in [0.3, 0.4) is 0 Å². The molecule has 0 radical (unpaired) electrons. The topological polar surface area (TPSA) is 386 Å². The van der Waals surface area contributed by atoms with Gasteiger partial charge in [-0.25, -0.2) is 25.0 Å². The van der Waals surface area contributed by atoms with Crippen molar-refractivity contribution in [1.82, 2.24) is 20.1 Å². The molecule has 8 aliphatic rings. The molecule has 16 atom stereocenters. The van der Waals surface area contributed by atoms with E-state index in [1.54, 1.807) is 22.2 Å². The molecule has 0 amide bonds. The molecule has 484 valence electrons. The highest BCUT2D eigenvalue weighted by atomic mass is 127. The van der Waals surface area contributed by atoms with Crippen LogP contribution >= 0.6 is 50.1 Å². The molecule has 17 N–H and O–H groups in total. The van der Waals surface area contributed by atoms with E-state index in [1.807, 2.05) is 6.92 Å². The third-order valence-corrected chi connectivity index (χ3v) is 21.4. The van der Waals surface area contributed by atoms with Crippen LogP contribution in [0.25, 0.3) is 0 Å². The quantitative estimate of drug-likeness (QED) is 0.0760. The fourth-order valence-electron chi connectivity index (χ4n) is 9.66. The molecule has 4 unspecified atom stereocenters. The van der Waals surface area contributed by atoms with Gasteiger partial charge >= 0.3 is 0 Å². The van der Waals surface area contributed by atoms with Gasteiger partial charge in [0.25, 0.3) is 0 Å². The largest absolute Gasteiger partial charge is 0.388 e. The van der Waals surface area contributed by atoms with E-state index in [-0.39, 0.29) is 17.6 Å². The highest BCUT2D eigenvalue weighted by Crippen LogP contribution is 2.43. The van der Waals surface area contributed by atoms with Crippen LogP contribution in [-0.2, 0) is 18.9 Å². The van der Waals surface area contributed by atoms with Gasteiger partial charge in [-0.1, -0.05) is 26.3 Å². The van der Waals surface area contributed by atoms with E-state index in [4.69, 9.17) is 41.9 Å². The van der Waals surface area contributed by atoms with Gasteiger partial charge in [-0.15, -0.1) is 52.7 Å². The van der Waals surface area contributed by atoms with Gasteiger partial charge in [-0.2, -0.15) is 5.10 Å². The van der Waals surface area contributed by atoms with Gasteiger partial charge in [-0.05, 0) is 133 Å². The van der Waals surface area contributed by atoms with Gasteiger partial charge in [0, 0.05) is 35.4 Å². The molecule has 0 bridgehead atoms. The molecule has 0 aromatic carbocycles. The fraction of sp³-hybridized carbons (Fsp3) is 0.589. The van der Waals surface area contributed by atoms with Crippen LogP contribution in [-0.4, -0.2) is 287 Å². The molecule has 8 heterocycles. The minimum absolute atomic E-state index is 0.240. The SMILES string of the molecule is C=C1N=C(N)C(C)=CN1C1O[C@H](CCP(=C)(C)C)[C@@H](O)[C@H]1O.C=C1N=C(N)C(I)=CN1C1O[C@H](CCP(=C)(C)C)[C@@H](O)[C@H]1O.C=C1N=C(N)C=NN1C1O[C@H](CCP(=C)(C)C)[C@@H](O)[C@H]1O.C=C1NC(N)=NC=C1C1O[C@H](CCP(=C)(C)C)[C@@H](O)[C@H]1O. The molecule has 0 aromatic heterocycles. The average Bonchev–Trinajstić information content (AvgIpc) is 4.17. The Morgan fingerprint density at radius 3 is 1.34 bits per heavy atom. The highest BCUT2D eigenvalue weighted by molar-refractivity contribution is 14.1. The first-order valence-corrected chi connectivity index (χ1v) is 41.2. The van der Waals surface area contributed by atoms with E-state index in [1.165, 1.54) is 17.4 Å². The number of hydrogen-bond acceptors (Lipinski definition) is 25. The van der Waals surface area contributed by atoms with E-state index in [2.05, 4.69) is 158 Å². The second-order valence-corrected chi connectivity index (χ2v) is 43.6. The van der Waals surface area contributed by atoms with Crippen LogP contribution < -0.4 is 28.3 Å². The van der Waals surface area contributed by atoms with Gasteiger partial charge in [0.2, 0.25) is 0 Å². The minimum atomic E-state index is -1.21. The Balaban J connectivity index is 0.000000209. The minimum Gasteiger partial charge on any atom is -0.388 e. The van der Waals surface area contributed by atoms with Crippen molar-refractivity contribution in [1.29, 1.82) is 0 Å². The summed E-state index contributed by atoms with van der Waals surface area (Å²) in [5.41, 5.74) is 24.5. The zero-order valence-electron chi connectivity index (χ0n) is 51.1. The van der Waals surface area contributed by atoms with Crippen molar-refractivity contribution in [3.05, 3.63) is 82.8 Å². The summed E-state index contributed by atoms with van der Waals surface area (Å²) in [6.45, 7) is 29.3. The summed E-state index contributed by atoms with van der Waals surface area (Å²) < 4.78 is 24.1. The number of nitrogens with zero attached hydrogens (tertiary/aromatic N) is 8. The van der Waals surface area contributed by atoms with Gasteiger partial charge in [-0.3, -0.25) is 0 Å². The molecule has 30 heteroatoms. The summed E-state index contributed by atoms with van der Waals surface area (Å²) in [5, 5.41) is 90.0. The lowest BCUT2D eigenvalue weighted by molar-refractivity contribution is -0.0749. The monoisotopic (exact) mass is 1390 g/mol. The number of halogens is 1. The van der Waals surface area contributed by atoms with Gasteiger partial charge in [0.15, 0.2) is 24.6 Å². The molecule has 4 saturated heterocycles. The van der Waals surface area contributed by atoms with Gasteiger partial charge in [0.05, 0.1) is 34.2 Å². The van der Waals surface area contributed by atoms with Crippen LogP contribution in [0, 0.1) is 0 Å². The summed E-state index contributed by atoms with van der Waals surface area (Å²) in [6, 6.07) is 0. The predicted molar refractivity (Wildman–Crippen MR) is 368 cm³/mol. The number of aliphatic hydroxyl groups is 8. The lowest BCUT2D eigenvalue weighted by atomic mass is 9.99. The summed E-state index contributed by atoms with van der Waals surface area (Å²) >= 11 is 2.06. The van der Waals surface area contributed by atoms with E-state index in [0.29, 0.717) is 60.3 Å². The number of hydrogen-bond donors (Lipinski definition) is 13. The molecule has 0 saturated carbocycles. The Hall–Kier alpha value is -3.62. The highest BCUT2D eigenvalue weighted by Gasteiger charge is 2.49. The summed E-state index contributed by atoms with van der Waals surface area (Å²) in [6.07, 6.45) is 16.8. The third-order valence-electron chi connectivity index (χ3n) is 14.7. The van der Waals surface area contributed by atoms with Crippen molar-refractivity contribution in [3.63, 3.8) is 0 Å². The lowest BCUT2D eigenvalue weighted by Gasteiger charge is -2.31. The second-order valence-electron chi connectivity index (χ2n) is 25.2. The number of amidine groups is 3. The van der Waals surface area contributed by atoms with Crippen molar-refractivity contribution in [2.24, 2.45) is 48.0 Å². The number of hydrazone groups is 1. The van der Waals surface area contributed by atoms with Crippen molar-refractivity contribution in [3.8, 4) is 0 Å². The van der Waals surface area contributed by atoms with E-state index in [9.17, 15) is 40.9 Å². The lowest BCUT2D eigenvalue weighted by Crippen LogP contribution is -2.42. The van der Waals surface area contributed by atoms with Crippen molar-refractivity contribution < 1.29 is 59.8 Å². The Bertz CT molecular complexity index is 2890. The smallest absolute Gasteiger partial charge is 0.197 e. The zero-order valence-corrected chi connectivity index (χ0v) is 56.9. The van der Waals surface area contributed by atoms with Crippen LogP contribution in [0.2, 0.25) is 0 Å². The molecule has 0 aromatic rings. The molecule has 0 aliphatic carbocycles. The summed E-state index contributed by atoms with van der Waals surface area (Å²) in [4.78, 5) is 19.5. The molecule has 8 rings (SSSR count). The number of nitrogens with two attached hydrogens (primary N) is 4. The van der Waals surface area contributed by atoms with E-state index < -0.39 is 126 Å². The number of guanidine groups is 1. The standard InChI is InChI=1S/C15H26N3O3P.C14H23IN3O3P.C14H24N3O3P.C13H23N4O3P/c1-9-8-18(10(2)17-14(9)16)15-13(20)12(19)11(21-15)6-7-22(3,4)5;1-8-17-13(16)9(15)7-18(8)14-12(20)11(19)10(21-14)5-6-22(2,3)4;1-8-9(7-16-14(15)17-8)13-12(19)11(18)10(20-13)5-6-21(2,3)4;1-8-16-10(14)7-15-17(8)13-12(19)11(18)9(20-13)5-6-21(2,3)4/h8,11-13,15,19-20H,2-3,6-7H2,1,4-5H3,(H2,16,17);7,10-12,14,19-20H,1-2,5-6H2,3-4H3,(H2,16,17);7,10-13,18-19H,1-2,5-6H2,3-4H3,(H3,15,16,17);7,9,11-13,18-19H,1-2,5-6H2,3-4H3,(H2,14,16)/t11-,12-,13-,15?;10-,11-,12-,14?;10-,11-,12-,13?;9-,11-,12-,13?/m1111/s1. The maximum absolute atomic E-state index is 10.3. The first-order chi connectivity index (χ1) is 39.6. The normalized spacial score (nSPS) is 33.2. The Morgan fingerprint density at radius 1 is 0.535 bits per heavy atom. The maximum Gasteiger partial charge on any atom is 0.197 e. The van der Waals surface area contributed by atoms with Gasteiger partial charge in [0.1, 0.15) is 89.9 Å². The Kier molecular flexibility index (Phi) is 25.5. The number of ether oxygens (including phenoxy) is 4. The predicted octanol–water partition coefficient (Wildman–Crippen LogP) is 1.09. The first-order valence-electron chi connectivity index (χ1n) is 27.9. The molecular formula is C56H96IN13O12P4. The molecular weight excluding hydrogens is 1300 g/mol. The maximum atomic E-state index is 10.3. The molecule has 86 heavy (non-hydrogen) atoms. The number of rotatable bonds is 16. The Morgan fingerprint density at radius 2 is 0.919 bits per heavy atom. The second kappa shape index (κ2) is 30.0. The number of aliphatic hydroxyl groups excluding tert-OH is 8. The third kappa shape index (κ3) is 20.2. The van der Waals surface area contributed by atoms with E-state index >= 15 is 0 Å². The molecule has 4 fully saturated rings. The van der Waals surface area contributed by atoms with Crippen LogP contribution in [0.4, 0.5) is 0 Å². The fourth-order valence-corrected chi connectivity index (χ4v) is 13.9. The molecule has 0 spiro atoms. The van der Waals surface area contributed by atoms with Crippen LogP contribution in [0.5, 0.6) is 0 Å². The number of nitrogens with one attached hydrogen (secondary N) is 1. The average molecular weight is 1390 g/mol. The van der Waals surface area contributed by atoms with Crippen molar-refractivity contribution >= 4 is 105 Å². The number of aliphatic imine (C=N–C) groups is 4. The van der Waals surface area contributed by atoms with E-state index in [0.717, 1.165) is 33.8 Å². The summed E-state index contributed by atoms with van der Waals surface area (Å²) in [5.74, 6) is 2.33. The zero-order chi connectivity index (χ0) is 64.9. The molecule has 25 nitrogen and oxygen atoms in total. The summed E-state index contributed by atoms with van der Waals surface area (Å²) in [7, 11) is 0. The van der Waals surface area contributed by atoms with Crippen LogP contribution in [0.15, 0.2) is 108 Å². The van der Waals surface area contributed by atoms with Gasteiger partial charge < -0.3 is 97.9 Å². The van der Waals surface area contributed by atoms with Crippen molar-refractivity contribution in [2.45, 2.75) is 131 Å². The van der Waals surface area contributed by atoms with Crippen molar-refractivity contribution in [2.75, 3.05) is 78.0 Å². The van der Waals surface area contributed by atoms with Crippen LogP contribution in [0.1, 0.15) is 32.6 Å². The Labute approximate surface area is 521 Å². The first kappa shape index (κ1) is 73.1. The molecule has 8 aliphatic heterocycles.